The highest BCUT2D eigenvalue weighted by molar-refractivity contribution is 6.40. The molecule has 1 aromatic rings. The molecule has 0 radical (unpaired) electrons. The third kappa shape index (κ3) is 7.68. The summed E-state index contributed by atoms with van der Waals surface area (Å²) in [6.07, 6.45) is 0. The summed E-state index contributed by atoms with van der Waals surface area (Å²) in [5.74, 6) is 0. The van der Waals surface area contributed by atoms with Crippen molar-refractivity contribution in [3.05, 3.63) is 35.9 Å². The highest BCUT2D eigenvalue weighted by Gasteiger charge is 1.79. The molecule has 0 aliphatic rings. The number of alkyl halides is 2. The van der Waals surface area contributed by atoms with E-state index in [0.717, 1.165) is 0 Å². The molecule has 0 saturated carbocycles. The molecule has 0 heterocycles. The molecule has 0 aliphatic heterocycles. The Morgan fingerprint density at radius 2 is 1.58 bits per heavy atom. The van der Waals surface area contributed by atoms with Crippen LogP contribution in [-0.4, -0.2) is 5.34 Å². The third-order valence-electron chi connectivity index (χ3n) is 0.903. The van der Waals surface area contributed by atoms with Gasteiger partial charge in [0.2, 0.25) is 0 Å². The van der Waals surface area contributed by atoms with Crippen molar-refractivity contribution in [1.82, 2.24) is 0 Å². The van der Waals surface area contributed by atoms with Gasteiger partial charge < -0.3 is 0 Å². The van der Waals surface area contributed by atoms with Gasteiger partial charge in [-0.25, -0.2) is 0 Å². The summed E-state index contributed by atoms with van der Waals surface area (Å²) < 4.78 is 0. The number of halogens is 3. The maximum atomic E-state index is 8.29. The Morgan fingerprint density at radius 1 is 1.17 bits per heavy atom. The Labute approximate surface area is 88.3 Å². The summed E-state index contributed by atoms with van der Waals surface area (Å²) in [6.45, 7) is 0. The van der Waals surface area contributed by atoms with Gasteiger partial charge in [0, 0.05) is 0 Å². The fourth-order valence-electron chi connectivity index (χ4n) is 0.513. The average molecular weight is 225 g/mol. The molecule has 4 heteroatoms. The standard InChI is InChI=1S/C7H5N.CH2Cl2.ClH/c8-6-7-4-2-1-3-5-7;2-1-3;/h1-5H;1H2;1H. The Hall–Kier alpha value is -0.420. The molecule has 0 N–H and O–H groups in total. The zero-order valence-corrected chi connectivity index (χ0v) is 8.53. The van der Waals surface area contributed by atoms with Crippen molar-refractivity contribution in [3.63, 3.8) is 0 Å². The lowest BCUT2D eigenvalue weighted by Gasteiger charge is -1.80. The molecule has 0 amide bonds. The molecular formula is C8H8Cl3N. The van der Waals surface area contributed by atoms with E-state index in [0.29, 0.717) is 5.56 Å². The van der Waals surface area contributed by atoms with Crippen molar-refractivity contribution >= 4 is 35.6 Å². The zero-order valence-electron chi connectivity index (χ0n) is 6.21. The van der Waals surface area contributed by atoms with Crippen LogP contribution in [-0.2, 0) is 0 Å². The van der Waals surface area contributed by atoms with Crippen molar-refractivity contribution in [2.45, 2.75) is 0 Å². The van der Waals surface area contributed by atoms with Crippen LogP contribution in [0.2, 0.25) is 0 Å². The maximum absolute atomic E-state index is 8.29. The summed E-state index contributed by atoms with van der Waals surface area (Å²) in [4.78, 5) is 0. The van der Waals surface area contributed by atoms with Crippen LogP contribution in [0.4, 0.5) is 0 Å². The third-order valence-corrected chi connectivity index (χ3v) is 0.903. The second-order valence-corrected chi connectivity index (χ2v) is 2.39. The SMILES string of the molecule is Cl.ClCCl.N#Cc1ccccc1. The van der Waals surface area contributed by atoms with E-state index in [1.165, 1.54) is 0 Å². The molecule has 0 fully saturated rings. The van der Waals surface area contributed by atoms with Gasteiger partial charge in [-0.2, -0.15) is 5.26 Å². The van der Waals surface area contributed by atoms with Crippen LogP contribution in [0.5, 0.6) is 0 Å². The molecule has 66 valence electrons. The maximum Gasteiger partial charge on any atom is 0.0991 e. The van der Waals surface area contributed by atoms with Crippen molar-refractivity contribution < 1.29 is 0 Å². The first-order chi connectivity index (χ1) is 5.35. The van der Waals surface area contributed by atoms with Gasteiger partial charge in [-0.05, 0) is 12.1 Å². The summed E-state index contributed by atoms with van der Waals surface area (Å²) >= 11 is 9.53. The first-order valence-corrected chi connectivity index (χ1v) is 3.99. The minimum absolute atomic E-state index is 0. The summed E-state index contributed by atoms with van der Waals surface area (Å²) in [5, 5.41) is 8.48. The Kier molecular flexibility index (Phi) is 12.5. The van der Waals surface area contributed by atoms with Gasteiger partial charge >= 0.3 is 0 Å². The fourth-order valence-corrected chi connectivity index (χ4v) is 0.513. The van der Waals surface area contributed by atoms with Crippen LogP contribution in [0.25, 0.3) is 0 Å². The first-order valence-electron chi connectivity index (χ1n) is 2.92. The predicted molar refractivity (Wildman–Crippen MR) is 55.0 cm³/mol. The van der Waals surface area contributed by atoms with Gasteiger partial charge in [-0.3, -0.25) is 0 Å². The van der Waals surface area contributed by atoms with Crippen LogP contribution in [0, 0.1) is 11.3 Å². The molecule has 0 saturated heterocycles. The Balaban J connectivity index is 0. The van der Waals surface area contributed by atoms with Gasteiger partial charge in [0.25, 0.3) is 0 Å². The van der Waals surface area contributed by atoms with Gasteiger partial charge in [-0.15, -0.1) is 35.6 Å². The lowest BCUT2D eigenvalue weighted by Crippen LogP contribution is -1.66. The normalized spacial score (nSPS) is 6.75. The van der Waals surface area contributed by atoms with E-state index in [9.17, 15) is 0 Å². The molecule has 12 heavy (non-hydrogen) atoms. The number of rotatable bonds is 0. The molecule has 0 aromatic heterocycles. The Bertz CT molecular complexity index is 217. The number of benzene rings is 1. The van der Waals surface area contributed by atoms with E-state index in [2.05, 4.69) is 0 Å². The predicted octanol–water partition coefficient (Wildman–Crippen LogP) is 3.40. The first kappa shape index (κ1) is 14.1. The summed E-state index contributed by atoms with van der Waals surface area (Å²) in [5.41, 5.74) is 0.715. The van der Waals surface area contributed by atoms with Gasteiger partial charge in [-0.1, -0.05) is 18.2 Å². The van der Waals surface area contributed by atoms with E-state index in [1.54, 1.807) is 12.1 Å². The molecule has 0 aliphatic carbocycles. The monoisotopic (exact) mass is 223 g/mol. The largest absolute Gasteiger partial charge is 0.192 e. The van der Waals surface area contributed by atoms with E-state index in [-0.39, 0.29) is 17.7 Å². The highest BCUT2D eigenvalue weighted by Crippen LogP contribution is 1.93. The zero-order chi connectivity index (χ0) is 8.53. The summed E-state index contributed by atoms with van der Waals surface area (Å²) in [7, 11) is 0. The molecule has 1 nitrogen and oxygen atoms in total. The number of nitriles is 1. The van der Waals surface area contributed by atoms with Crippen molar-refractivity contribution in [2.24, 2.45) is 0 Å². The second-order valence-electron chi connectivity index (χ2n) is 1.58. The smallest absolute Gasteiger partial charge is 0.0991 e. The van der Waals surface area contributed by atoms with Crippen LogP contribution in [0.15, 0.2) is 30.3 Å². The molecule has 0 bridgehead atoms. The quantitative estimate of drug-likeness (QED) is 0.620. The summed E-state index contributed by atoms with van der Waals surface area (Å²) in [6, 6.07) is 11.2. The number of nitrogens with zero attached hydrogens (tertiary/aromatic N) is 1. The molecule has 1 rings (SSSR count). The second kappa shape index (κ2) is 10.6. The molecule has 0 atom stereocenters. The van der Waals surface area contributed by atoms with E-state index in [4.69, 9.17) is 28.5 Å². The van der Waals surface area contributed by atoms with Crippen LogP contribution in [0.3, 0.4) is 0 Å². The topological polar surface area (TPSA) is 23.8 Å². The lowest BCUT2D eigenvalue weighted by atomic mass is 10.2. The number of hydrogen-bond acceptors (Lipinski definition) is 1. The van der Waals surface area contributed by atoms with Gasteiger partial charge in [0.05, 0.1) is 17.0 Å². The highest BCUT2D eigenvalue weighted by atomic mass is 35.5. The molecule has 0 unspecified atom stereocenters. The molecular weight excluding hydrogens is 216 g/mol. The minimum Gasteiger partial charge on any atom is -0.192 e. The van der Waals surface area contributed by atoms with E-state index < -0.39 is 0 Å². The van der Waals surface area contributed by atoms with Crippen molar-refractivity contribution in [2.75, 3.05) is 5.34 Å². The van der Waals surface area contributed by atoms with Crippen LogP contribution < -0.4 is 0 Å². The Morgan fingerprint density at radius 3 is 1.83 bits per heavy atom. The fraction of sp³-hybridized carbons (Fsp3) is 0.125. The van der Waals surface area contributed by atoms with Gasteiger partial charge in [0.15, 0.2) is 0 Å². The van der Waals surface area contributed by atoms with Crippen LogP contribution in [0.1, 0.15) is 5.56 Å². The minimum atomic E-state index is 0. The number of hydrogen-bond donors (Lipinski definition) is 0. The molecule has 1 aromatic carbocycles. The lowest BCUT2D eigenvalue weighted by molar-refractivity contribution is 1.49. The van der Waals surface area contributed by atoms with Crippen molar-refractivity contribution in [3.8, 4) is 6.07 Å². The molecule has 0 spiro atoms. The van der Waals surface area contributed by atoms with Crippen molar-refractivity contribution in [1.29, 1.82) is 5.26 Å². The van der Waals surface area contributed by atoms with Crippen LogP contribution >= 0.6 is 35.6 Å². The van der Waals surface area contributed by atoms with E-state index in [1.807, 2.05) is 24.3 Å². The van der Waals surface area contributed by atoms with E-state index >= 15 is 0 Å². The van der Waals surface area contributed by atoms with Gasteiger partial charge in [0.1, 0.15) is 0 Å². The average Bonchev–Trinajstić information content (AvgIpc) is 2.08.